The van der Waals surface area contributed by atoms with Crippen LogP contribution in [0.4, 0.5) is 10.5 Å². The van der Waals surface area contributed by atoms with E-state index < -0.39 is 12.0 Å². The van der Waals surface area contributed by atoms with Crippen LogP contribution in [-0.4, -0.2) is 36.2 Å². The average Bonchev–Trinajstić information content (AvgIpc) is 2.70. The van der Waals surface area contributed by atoms with Crippen molar-refractivity contribution in [2.75, 3.05) is 19.5 Å². The Kier molecular flexibility index (Phi) is 5.51. The van der Waals surface area contributed by atoms with Gasteiger partial charge < -0.3 is 25.2 Å². The molecule has 0 aliphatic carbocycles. The van der Waals surface area contributed by atoms with Gasteiger partial charge in [0.2, 0.25) is 0 Å². The maximum absolute atomic E-state index is 11.7. The summed E-state index contributed by atoms with van der Waals surface area (Å²) < 4.78 is 11.1. The third kappa shape index (κ3) is 3.77. The summed E-state index contributed by atoms with van der Waals surface area (Å²) in [6, 6.07) is 9.24. The first-order chi connectivity index (χ1) is 13.4. The summed E-state index contributed by atoms with van der Waals surface area (Å²) in [6.07, 6.45) is 1.40. The molecule has 144 valence electrons. The SMILES string of the molecule is CNC(=O)Nc1ccccc1Oc1c(Cl)cnc2cc(OC)c(C(=O)O)cc12. The van der Waals surface area contributed by atoms with Crippen LogP contribution >= 0.6 is 11.6 Å². The summed E-state index contributed by atoms with van der Waals surface area (Å²) in [5, 5.41) is 15.1. The number of hydrogen-bond donors (Lipinski definition) is 3. The highest BCUT2D eigenvalue weighted by Gasteiger charge is 2.18. The third-order valence-corrected chi connectivity index (χ3v) is 4.17. The minimum absolute atomic E-state index is 0.0549. The first-order valence-electron chi connectivity index (χ1n) is 8.09. The van der Waals surface area contributed by atoms with E-state index in [-0.39, 0.29) is 22.1 Å². The Balaban J connectivity index is 2.14. The highest BCUT2D eigenvalue weighted by Crippen LogP contribution is 2.40. The Hall–Kier alpha value is -3.52. The summed E-state index contributed by atoms with van der Waals surface area (Å²) in [4.78, 5) is 27.4. The van der Waals surface area contributed by atoms with E-state index in [0.29, 0.717) is 22.3 Å². The lowest BCUT2D eigenvalue weighted by Gasteiger charge is -2.15. The lowest BCUT2D eigenvalue weighted by Crippen LogP contribution is -2.24. The fraction of sp³-hybridized carbons (Fsp3) is 0.105. The molecule has 0 bridgehead atoms. The van der Waals surface area contributed by atoms with Gasteiger partial charge in [-0.2, -0.15) is 0 Å². The summed E-state index contributed by atoms with van der Waals surface area (Å²) in [6.45, 7) is 0. The fourth-order valence-electron chi connectivity index (χ4n) is 2.56. The first kappa shape index (κ1) is 19.2. The molecule has 0 atom stereocenters. The number of fused-ring (bicyclic) bond motifs is 1. The lowest BCUT2D eigenvalue weighted by molar-refractivity contribution is 0.0693. The molecule has 3 rings (SSSR count). The maximum Gasteiger partial charge on any atom is 0.339 e. The van der Waals surface area contributed by atoms with Crippen LogP contribution in [0.15, 0.2) is 42.6 Å². The highest BCUT2D eigenvalue weighted by atomic mass is 35.5. The number of pyridine rings is 1. The van der Waals surface area contributed by atoms with E-state index in [1.165, 1.54) is 32.5 Å². The Labute approximate surface area is 165 Å². The number of ether oxygens (including phenoxy) is 2. The molecule has 1 aromatic heterocycles. The number of carbonyl (C=O) groups excluding carboxylic acids is 1. The monoisotopic (exact) mass is 401 g/mol. The molecule has 9 heteroatoms. The number of amides is 2. The number of methoxy groups -OCH3 is 1. The van der Waals surface area contributed by atoms with Gasteiger partial charge in [0.05, 0.1) is 18.3 Å². The van der Waals surface area contributed by atoms with Crippen molar-refractivity contribution in [3.05, 3.63) is 53.2 Å². The number of carboxylic acid groups (broad SMARTS) is 1. The Morgan fingerprint density at radius 2 is 1.93 bits per heavy atom. The van der Waals surface area contributed by atoms with Gasteiger partial charge >= 0.3 is 12.0 Å². The summed E-state index contributed by atoms with van der Waals surface area (Å²) in [5.41, 5.74) is 0.800. The number of nitrogens with zero attached hydrogens (tertiary/aromatic N) is 1. The van der Waals surface area contributed by atoms with Gasteiger partial charge in [-0.1, -0.05) is 23.7 Å². The van der Waals surface area contributed by atoms with Gasteiger partial charge in [-0.05, 0) is 18.2 Å². The smallest absolute Gasteiger partial charge is 0.339 e. The quantitative estimate of drug-likeness (QED) is 0.592. The van der Waals surface area contributed by atoms with Crippen LogP contribution in [-0.2, 0) is 0 Å². The first-order valence-corrected chi connectivity index (χ1v) is 8.47. The minimum atomic E-state index is -1.16. The lowest BCUT2D eigenvalue weighted by atomic mass is 10.1. The fourth-order valence-corrected chi connectivity index (χ4v) is 2.75. The van der Waals surface area contributed by atoms with Gasteiger partial charge in [0.15, 0.2) is 11.5 Å². The minimum Gasteiger partial charge on any atom is -0.496 e. The largest absolute Gasteiger partial charge is 0.496 e. The van der Waals surface area contributed by atoms with E-state index in [9.17, 15) is 14.7 Å². The third-order valence-electron chi connectivity index (χ3n) is 3.90. The number of para-hydroxylation sites is 2. The molecule has 8 nitrogen and oxygen atoms in total. The molecule has 0 aliphatic rings. The molecule has 2 aromatic carbocycles. The van der Waals surface area contributed by atoms with Gasteiger partial charge in [-0.25, -0.2) is 9.59 Å². The zero-order valence-corrected chi connectivity index (χ0v) is 15.7. The molecule has 0 radical (unpaired) electrons. The Morgan fingerprint density at radius 3 is 2.61 bits per heavy atom. The van der Waals surface area contributed by atoms with E-state index in [4.69, 9.17) is 21.1 Å². The second-order valence-corrected chi connectivity index (χ2v) is 6.02. The maximum atomic E-state index is 11.7. The van der Waals surface area contributed by atoms with Crippen LogP contribution in [0.2, 0.25) is 5.02 Å². The summed E-state index contributed by atoms with van der Waals surface area (Å²) >= 11 is 6.28. The standard InChI is InChI=1S/C19H16ClN3O5/c1-21-19(26)23-13-5-3-4-6-15(13)28-17-10-7-11(18(24)25)16(27-2)8-14(10)22-9-12(17)20/h3-9H,1-2H3,(H,24,25)(H2,21,23,26). The van der Waals surface area contributed by atoms with Gasteiger partial charge in [-0.15, -0.1) is 0 Å². The topological polar surface area (TPSA) is 110 Å². The van der Waals surface area contributed by atoms with Crippen LogP contribution < -0.4 is 20.1 Å². The molecule has 1 heterocycles. The van der Waals surface area contributed by atoms with Crippen molar-refractivity contribution < 1.29 is 24.2 Å². The number of aromatic carboxylic acids is 1. The van der Waals surface area contributed by atoms with Crippen molar-refractivity contribution in [1.29, 1.82) is 0 Å². The van der Waals surface area contributed by atoms with E-state index in [0.717, 1.165) is 0 Å². The summed E-state index contributed by atoms with van der Waals surface area (Å²) in [5.74, 6) is -0.454. The average molecular weight is 402 g/mol. The number of carboxylic acids is 1. The van der Waals surface area contributed by atoms with Crippen LogP contribution in [0.5, 0.6) is 17.2 Å². The van der Waals surface area contributed by atoms with Crippen molar-refractivity contribution in [3.63, 3.8) is 0 Å². The number of urea groups is 1. The molecule has 3 aromatic rings. The van der Waals surface area contributed by atoms with Gasteiger partial charge in [0.1, 0.15) is 16.3 Å². The van der Waals surface area contributed by atoms with Gasteiger partial charge in [-0.3, -0.25) is 4.98 Å². The number of halogens is 1. The number of rotatable bonds is 5. The number of aromatic nitrogens is 1. The molecule has 0 fully saturated rings. The van der Waals surface area contributed by atoms with Crippen LogP contribution in [0.25, 0.3) is 10.9 Å². The van der Waals surface area contributed by atoms with Crippen molar-refractivity contribution in [1.82, 2.24) is 10.3 Å². The molecule has 0 aliphatic heterocycles. The van der Waals surface area contributed by atoms with E-state index in [1.54, 1.807) is 24.3 Å². The van der Waals surface area contributed by atoms with Crippen LogP contribution in [0.3, 0.4) is 0 Å². The molecule has 3 N–H and O–H groups in total. The number of benzene rings is 2. The van der Waals surface area contributed by atoms with Crippen molar-refractivity contribution in [3.8, 4) is 17.2 Å². The van der Waals surface area contributed by atoms with Gasteiger partial charge in [0, 0.05) is 24.7 Å². The predicted molar refractivity (Wildman–Crippen MR) is 105 cm³/mol. The molecule has 0 unspecified atom stereocenters. The number of nitrogens with one attached hydrogen (secondary N) is 2. The molecule has 0 saturated carbocycles. The molecule has 2 amide bonds. The Bertz CT molecular complexity index is 1070. The molecule has 28 heavy (non-hydrogen) atoms. The highest BCUT2D eigenvalue weighted by molar-refractivity contribution is 6.33. The Morgan fingerprint density at radius 1 is 1.18 bits per heavy atom. The number of hydrogen-bond acceptors (Lipinski definition) is 5. The second-order valence-electron chi connectivity index (χ2n) is 5.61. The summed E-state index contributed by atoms with van der Waals surface area (Å²) in [7, 11) is 2.87. The van der Waals surface area contributed by atoms with Crippen molar-refractivity contribution >= 4 is 40.2 Å². The van der Waals surface area contributed by atoms with Crippen LogP contribution in [0, 0.1) is 0 Å². The van der Waals surface area contributed by atoms with Crippen molar-refractivity contribution in [2.45, 2.75) is 0 Å². The van der Waals surface area contributed by atoms with E-state index in [2.05, 4.69) is 15.6 Å². The molecular weight excluding hydrogens is 386 g/mol. The van der Waals surface area contributed by atoms with Crippen molar-refractivity contribution in [2.24, 2.45) is 0 Å². The predicted octanol–water partition coefficient (Wildman–Crippen LogP) is 4.14. The molecular formula is C19H16ClN3O5. The number of carbonyl (C=O) groups is 2. The number of anilines is 1. The van der Waals surface area contributed by atoms with Crippen LogP contribution in [0.1, 0.15) is 10.4 Å². The molecule has 0 saturated heterocycles. The van der Waals surface area contributed by atoms with E-state index >= 15 is 0 Å². The zero-order valence-electron chi connectivity index (χ0n) is 14.9. The molecule has 0 spiro atoms. The second kappa shape index (κ2) is 8.01. The van der Waals surface area contributed by atoms with Gasteiger partial charge in [0.25, 0.3) is 0 Å². The zero-order chi connectivity index (χ0) is 20.3. The normalized spacial score (nSPS) is 10.4. The van der Waals surface area contributed by atoms with E-state index in [1.807, 2.05) is 0 Å².